The van der Waals surface area contributed by atoms with Crippen molar-refractivity contribution in [3.63, 3.8) is 0 Å². The molecule has 0 saturated carbocycles. The molecule has 0 bridgehead atoms. The van der Waals surface area contributed by atoms with Gasteiger partial charge in [-0.15, -0.1) is 5.10 Å². The van der Waals surface area contributed by atoms with E-state index in [9.17, 15) is 15.2 Å². The number of non-ortho nitro benzene ring substituents is 1. The molecule has 2 aromatic rings. The van der Waals surface area contributed by atoms with Crippen LogP contribution in [0.1, 0.15) is 24.7 Å². The van der Waals surface area contributed by atoms with Gasteiger partial charge in [0.1, 0.15) is 5.69 Å². The summed E-state index contributed by atoms with van der Waals surface area (Å²) in [5.74, 6) is 0. The van der Waals surface area contributed by atoms with Crippen LogP contribution in [0, 0.1) is 10.1 Å². The molecule has 1 heterocycles. The monoisotopic (exact) mass is 262 g/mol. The Bertz CT molecular complexity index is 594. The lowest BCUT2D eigenvalue weighted by molar-refractivity contribution is -0.384. The van der Waals surface area contributed by atoms with Crippen molar-refractivity contribution in [2.24, 2.45) is 0 Å². The lowest BCUT2D eigenvalue weighted by Gasteiger charge is -2.06. The Hall–Kier alpha value is -2.28. The average molecular weight is 262 g/mol. The van der Waals surface area contributed by atoms with Crippen LogP contribution in [0.5, 0.6) is 0 Å². The maximum Gasteiger partial charge on any atom is 0.271 e. The molecule has 7 heteroatoms. The number of nitro groups is 1. The Morgan fingerprint density at radius 1 is 1.47 bits per heavy atom. The Balaban J connectivity index is 2.49. The summed E-state index contributed by atoms with van der Waals surface area (Å²) in [4.78, 5) is 10.3. The lowest BCUT2D eigenvalue weighted by atomic mass is 10.2. The summed E-state index contributed by atoms with van der Waals surface area (Å²) >= 11 is 0. The van der Waals surface area contributed by atoms with E-state index in [1.54, 1.807) is 16.8 Å². The molecule has 0 radical (unpaired) electrons. The first kappa shape index (κ1) is 13.2. The normalized spacial score (nSPS) is 10.6. The fraction of sp³-hybridized carbons (Fsp3) is 0.333. The number of hydrogen-bond donors (Lipinski definition) is 1. The molecule has 0 spiro atoms. The SMILES string of the molecule is CCCc1c(CO)nnn1-c1cccc([N+](=O)[O-])c1. The van der Waals surface area contributed by atoms with Crippen LogP contribution in [-0.4, -0.2) is 25.0 Å². The van der Waals surface area contributed by atoms with Crippen molar-refractivity contribution in [2.45, 2.75) is 26.4 Å². The summed E-state index contributed by atoms with van der Waals surface area (Å²) in [6.07, 6.45) is 1.57. The summed E-state index contributed by atoms with van der Waals surface area (Å²) in [5.41, 5.74) is 1.87. The van der Waals surface area contributed by atoms with E-state index in [2.05, 4.69) is 10.3 Å². The van der Waals surface area contributed by atoms with E-state index in [0.29, 0.717) is 17.8 Å². The quantitative estimate of drug-likeness (QED) is 0.652. The third kappa shape index (κ3) is 2.60. The molecule has 0 atom stereocenters. The highest BCUT2D eigenvalue weighted by atomic mass is 16.6. The molecule has 0 fully saturated rings. The van der Waals surface area contributed by atoms with Crippen molar-refractivity contribution in [3.8, 4) is 5.69 Å². The highest BCUT2D eigenvalue weighted by molar-refractivity contribution is 5.43. The number of nitro benzene ring substituents is 1. The van der Waals surface area contributed by atoms with Crippen molar-refractivity contribution in [1.29, 1.82) is 0 Å². The molecule has 7 nitrogen and oxygen atoms in total. The fourth-order valence-electron chi connectivity index (χ4n) is 1.89. The molecule has 1 N–H and O–H groups in total. The van der Waals surface area contributed by atoms with Crippen molar-refractivity contribution in [3.05, 3.63) is 45.8 Å². The van der Waals surface area contributed by atoms with Crippen LogP contribution in [0.3, 0.4) is 0 Å². The molecule has 2 rings (SSSR count). The maximum atomic E-state index is 10.8. The van der Waals surface area contributed by atoms with Gasteiger partial charge in [-0.05, 0) is 12.5 Å². The minimum atomic E-state index is -0.452. The predicted octanol–water partition coefficient (Wildman–Crippen LogP) is 1.62. The number of benzene rings is 1. The zero-order valence-electron chi connectivity index (χ0n) is 10.5. The molecule has 0 amide bonds. The zero-order chi connectivity index (χ0) is 13.8. The zero-order valence-corrected chi connectivity index (χ0v) is 10.5. The number of aliphatic hydroxyl groups excluding tert-OH is 1. The average Bonchev–Trinajstić information content (AvgIpc) is 2.82. The third-order valence-electron chi connectivity index (χ3n) is 2.77. The minimum Gasteiger partial charge on any atom is -0.390 e. The van der Waals surface area contributed by atoms with Crippen LogP contribution in [-0.2, 0) is 13.0 Å². The van der Waals surface area contributed by atoms with Gasteiger partial charge in [-0.25, -0.2) is 4.68 Å². The summed E-state index contributed by atoms with van der Waals surface area (Å²) in [6, 6.07) is 6.19. The Kier molecular flexibility index (Phi) is 3.86. The molecule has 0 aliphatic heterocycles. The number of hydrogen-bond acceptors (Lipinski definition) is 5. The van der Waals surface area contributed by atoms with Crippen LogP contribution in [0.15, 0.2) is 24.3 Å². The Morgan fingerprint density at radius 2 is 2.26 bits per heavy atom. The highest BCUT2D eigenvalue weighted by Gasteiger charge is 2.14. The van der Waals surface area contributed by atoms with Crippen molar-refractivity contribution in [1.82, 2.24) is 15.0 Å². The smallest absolute Gasteiger partial charge is 0.271 e. The maximum absolute atomic E-state index is 10.8. The first-order valence-electron chi connectivity index (χ1n) is 5.96. The molecule has 1 aromatic heterocycles. The van der Waals surface area contributed by atoms with Gasteiger partial charge in [0.2, 0.25) is 0 Å². The first-order chi connectivity index (χ1) is 9.17. The van der Waals surface area contributed by atoms with Gasteiger partial charge in [-0.2, -0.15) is 0 Å². The van der Waals surface area contributed by atoms with E-state index in [0.717, 1.165) is 12.1 Å². The molecular formula is C12H14N4O3. The fourth-order valence-corrected chi connectivity index (χ4v) is 1.89. The standard InChI is InChI=1S/C12H14N4O3/c1-2-4-12-11(8-17)13-14-15(12)9-5-3-6-10(7-9)16(18)19/h3,5-7,17H,2,4,8H2,1H3. The van der Waals surface area contributed by atoms with Crippen molar-refractivity contribution in [2.75, 3.05) is 0 Å². The Morgan fingerprint density at radius 3 is 2.89 bits per heavy atom. The van der Waals surface area contributed by atoms with Crippen LogP contribution < -0.4 is 0 Å². The lowest BCUT2D eigenvalue weighted by Crippen LogP contribution is -2.04. The highest BCUT2D eigenvalue weighted by Crippen LogP contribution is 2.19. The van der Waals surface area contributed by atoms with Crippen LogP contribution in [0.4, 0.5) is 5.69 Å². The second-order valence-electron chi connectivity index (χ2n) is 4.08. The summed E-state index contributed by atoms with van der Waals surface area (Å²) < 4.78 is 1.54. The van der Waals surface area contributed by atoms with Gasteiger partial charge in [0.05, 0.1) is 22.9 Å². The van der Waals surface area contributed by atoms with Gasteiger partial charge in [0, 0.05) is 12.1 Å². The van der Waals surface area contributed by atoms with Crippen LogP contribution in [0.25, 0.3) is 5.69 Å². The van der Waals surface area contributed by atoms with Gasteiger partial charge in [0.25, 0.3) is 5.69 Å². The van der Waals surface area contributed by atoms with E-state index >= 15 is 0 Å². The summed E-state index contributed by atoms with van der Waals surface area (Å²) in [7, 11) is 0. The largest absolute Gasteiger partial charge is 0.390 e. The van der Waals surface area contributed by atoms with Gasteiger partial charge in [-0.1, -0.05) is 24.6 Å². The second kappa shape index (κ2) is 5.57. The minimum absolute atomic E-state index is 0.000923. The van der Waals surface area contributed by atoms with E-state index in [4.69, 9.17) is 0 Å². The van der Waals surface area contributed by atoms with Crippen molar-refractivity contribution >= 4 is 5.69 Å². The molecular weight excluding hydrogens is 248 g/mol. The van der Waals surface area contributed by atoms with Gasteiger partial charge < -0.3 is 5.11 Å². The molecule has 0 aliphatic rings. The third-order valence-corrected chi connectivity index (χ3v) is 2.77. The van der Waals surface area contributed by atoms with Crippen LogP contribution in [0.2, 0.25) is 0 Å². The summed E-state index contributed by atoms with van der Waals surface area (Å²) in [6.45, 7) is 1.82. The van der Waals surface area contributed by atoms with E-state index in [-0.39, 0.29) is 12.3 Å². The number of rotatable bonds is 5. The number of aliphatic hydroxyl groups is 1. The van der Waals surface area contributed by atoms with E-state index in [1.165, 1.54) is 12.1 Å². The Labute approximate surface area is 109 Å². The molecule has 1 aromatic carbocycles. The first-order valence-corrected chi connectivity index (χ1v) is 5.96. The van der Waals surface area contributed by atoms with Gasteiger partial charge in [0.15, 0.2) is 0 Å². The number of aromatic nitrogens is 3. The molecule has 0 unspecified atom stereocenters. The van der Waals surface area contributed by atoms with Crippen molar-refractivity contribution < 1.29 is 10.0 Å². The van der Waals surface area contributed by atoms with Gasteiger partial charge >= 0.3 is 0 Å². The van der Waals surface area contributed by atoms with E-state index in [1.807, 2.05) is 6.92 Å². The van der Waals surface area contributed by atoms with E-state index < -0.39 is 4.92 Å². The molecule has 0 saturated heterocycles. The summed E-state index contributed by atoms with van der Waals surface area (Å²) in [5, 5.41) is 27.9. The molecule has 0 aliphatic carbocycles. The topological polar surface area (TPSA) is 94.1 Å². The predicted molar refractivity (Wildman–Crippen MR) is 67.9 cm³/mol. The second-order valence-corrected chi connectivity index (χ2v) is 4.08. The van der Waals surface area contributed by atoms with Crippen LogP contribution >= 0.6 is 0 Å². The number of nitrogens with zero attached hydrogens (tertiary/aromatic N) is 4. The van der Waals surface area contributed by atoms with Gasteiger partial charge in [-0.3, -0.25) is 10.1 Å². The molecule has 19 heavy (non-hydrogen) atoms. The molecule has 100 valence electrons.